The van der Waals surface area contributed by atoms with E-state index in [9.17, 15) is 0 Å². The van der Waals surface area contributed by atoms with Crippen molar-refractivity contribution in [3.8, 4) is 0 Å². The average Bonchev–Trinajstić information content (AvgIpc) is 2.64. The smallest absolute Gasteiger partial charge is 0.0728 e. The van der Waals surface area contributed by atoms with Gasteiger partial charge < -0.3 is 14.8 Å². The fourth-order valence-corrected chi connectivity index (χ4v) is 3.14. The predicted molar refractivity (Wildman–Crippen MR) is 73.8 cm³/mol. The van der Waals surface area contributed by atoms with Gasteiger partial charge in [-0.15, -0.1) is 0 Å². The third-order valence-corrected chi connectivity index (χ3v) is 4.31. The summed E-state index contributed by atoms with van der Waals surface area (Å²) in [4.78, 5) is 0. The first-order valence-corrected chi connectivity index (χ1v) is 7.83. The van der Waals surface area contributed by atoms with Gasteiger partial charge in [-0.05, 0) is 38.1 Å². The van der Waals surface area contributed by atoms with Gasteiger partial charge in [-0.1, -0.05) is 26.2 Å². The van der Waals surface area contributed by atoms with E-state index in [2.05, 4.69) is 12.2 Å². The van der Waals surface area contributed by atoms with Crippen LogP contribution in [0.1, 0.15) is 51.9 Å². The Bertz CT molecular complexity index is 217. The SMILES string of the molecule is CCNC1CCCCCC1OCC1CCOCC1. The van der Waals surface area contributed by atoms with Crippen LogP contribution in [0.15, 0.2) is 0 Å². The topological polar surface area (TPSA) is 30.5 Å². The lowest BCUT2D eigenvalue weighted by atomic mass is 10.0. The Balaban J connectivity index is 1.76. The van der Waals surface area contributed by atoms with Crippen LogP contribution in [0.3, 0.4) is 0 Å². The molecule has 2 aliphatic rings. The van der Waals surface area contributed by atoms with Crippen LogP contribution < -0.4 is 5.32 Å². The molecule has 3 heteroatoms. The lowest BCUT2D eigenvalue weighted by molar-refractivity contribution is -0.0261. The van der Waals surface area contributed by atoms with Gasteiger partial charge in [-0.2, -0.15) is 0 Å². The largest absolute Gasteiger partial charge is 0.381 e. The number of ether oxygens (including phenoxy) is 2. The van der Waals surface area contributed by atoms with Gasteiger partial charge in [0.2, 0.25) is 0 Å². The first-order valence-electron chi connectivity index (χ1n) is 7.83. The van der Waals surface area contributed by atoms with Crippen molar-refractivity contribution in [1.29, 1.82) is 0 Å². The summed E-state index contributed by atoms with van der Waals surface area (Å²) in [6, 6.07) is 0.581. The van der Waals surface area contributed by atoms with Crippen LogP contribution in [0.4, 0.5) is 0 Å². The highest BCUT2D eigenvalue weighted by molar-refractivity contribution is 4.80. The van der Waals surface area contributed by atoms with E-state index in [1.54, 1.807) is 0 Å². The molecule has 0 spiro atoms. The van der Waals surface area contributed by atoms with E-state index in [0.717, 1.165) is 32.3 Å². The Morgan fingerprint density at radius 1 is 1.06 bits per heavy atom. The van der Waals surface area contributed by atoms with Crippen molar-refractivity contribution >= 4 is 0 Å². The molecule has 1 aliphatic carbocycles. The van der Waals surface area contributed by atoms with Gasteiger partial charge in [-0.3, -0.25) is 0 Å². The maximum absolute atomic E-state index is 6.25. The van der Waals surface area contributed by atoms with Gasteiger partial charge in [-0.25, -0.2) is 0 Å². The Morgan fingerprint density at radius 3 is 2.61 bits per heavy atom. The lowest BCUT2D eigenvalue weighted by Crippen LogP contribution is -2.41. The van der Waals surface area contributed by atoms with Crippen molar-refractivity contribution in [1.82, 2.24) is 5.32 Å². The molecule has 0 bridgehead atoms. The molecule has 1 aliphatic heterocycles. The van der Waals surface area contributed by atoms with Crippen molar-refractivity contribution < 1.29 is 9.47 Å². The molecule has 0 amide bonds. The highest BCUT2D eigenvalue weighted by atomic mass is 16.5. The van der Waals surface area contributed by atoms with Crippen molar-refractivity contribution in [3.63, 3.8) is 0 Å². The highest BCUT2D eigenvalue weighted by Crippen LogP contribution is 2.23. The van der Waals surface area contributed by atoms with Gasteiger partial charge in [0.05, 0.1) is 12.7 Å². The molecule has 1 heterocycles. The van der Waals surface area contributed by atoms with Gasteiger partial charge in [0, 0.05) is 19.3 Å². The Kier molecular flexibility index (Phi) is 6.46. The molecule has 2 rings (SSSR count). The summed E-state index contributed by atoms with van der Waals surface area (Å²) >= 11 is 0. The zero-order chi connectivity index (χ0) is 12.6. The summed E-state index contributed by atoms with van der Waals surface area (Å²) < 4.78 is 11.7. The number of hydrogen-bond acceptors (Lipinski definition) is 3. The Hall–Kier alpha value is -0.120. The van der Waals surface area contributed by atoms with E-state index in [4.69, 9.17) is 9.47 Å². The second kappa shape index (κ2) is 8.13. The van der Waals surface area contributed by atoms with E-state index >= 15 is 0 Å². The molecule has 1 saturated heterocycles. The predicted octanol–water partition coefficient (Wildman–Crippen LogP) is 2.74. The Morgan fingerprint density at radius 2 is 1.83 bits per heavy atom. The summed E-state index contributed by atoms with van der Waals surface area (Å²) in [5.41, 5.74) is 0. The molecule has 18 heavy (non-hydrogen) atoms. The molecular weight excluding hydrogens is 226 g/mol. The fraction of sp³-hybridized carbons (Fsp3) is 1.00. The fourth-order valence-electron chi connectivity index (χ4n) is 3.14. The van der Waals surface area contributed by atoms with Crippen molar-refractivity contribution in [3.05, 3.63) is 0 Å². The van der Waals surface area contributed by atoms with Gasteiger partial charge in [0.1, 0.15) is 0 Å². The van der Waals surface area contributed by atoms with Crippen LogP contribution in [0.5, 0.6) is 0 Å². The van der Waals surface area contributed by atoms with Crippen LogP contribution in [-0.2, 0) is 9.47 Å². The van der Waals surface area contributed by atoms with E-state index in [1.165, 1.54) is 44.9 Å². The number of hydrogen-bond donors (Lipinski definition) is 1. The van der Waals surface area contributed by atoms with Crippen LogP contribution in [0.25, 0.3) is 0 Å². The molecule has 0 aromatic heterocycles. The molecular formula is C15H29NO2. The Labute approximate surface area is 112 Å². The second-order valence-corrected chi connectivity index (χ2v) is 5.73. The van der Waals surface area contributed by atoms with Crippen LogP contribution >= 0.6 is 0 Å². The average molecular weight is 255 g/mol. The van der Waals surface area contributed by atoms with Crippen molar-refractivity contribution in [2.45, 2.75) is 64.0 Å². The third kappa shape index (κ3) is 4.52. The normalized spacial score (nSPS) is 31.2. The van der Waals surface area contributed by atoms with Crippen LogP contribution in [-0.4, -0.2) is 38.5 Å². The minimum absolute atomic E-state index is 0.440. The van der Waals surface area contributed by atoms with Gasteiger partial charge >= 0.3 is 0 Å². The zero-order valence-corrected chi connectivity index (χ0v) is 11.8. The second-order valence-electron chi connectivity index (χ2n) is 5.73. The zero-order valence-electron chi connectivity index (χ0n) is 11.8. The standard InChI is InChI=1S/C15H29NO2/c1-2-16-14-6-4-3-5-7-15(14)18-12-13-8-10-17-11-9-13/h13-16H,2-12H2,1H3. The molecule has 2 fully saturated rings. The minimum Gasteiger partial charge on any atom is -0.381 e. The summed E-state index contributed by atoms with van der Waals surface area (Å²) in [6.45, 7) is 6.04. The molecule has 2 atom stereocenters. The monoisotopic (exact) mass is 255 g/mol. The molecule has 1 saturated carbocycles. The quantitative estimate of drug-likeness (QED) is 0.766. The number of rotatable bonds is 5. The highest BCUT2D eigenvalue weighted by Gasteiger charge is 2.25. The van der Waals surface area contributed by atoms with E-state index in [1.807, 2.05) is 0 Å². The molecule has 0 aromatic rings. The number of likely N-dealkylation sites (N-methyl/N-ethyl adjacent to an activating group) is 1. The summed E-state index contributed by atoms with van der Waals surface area (Å²) in [6.07, 6.45) is 9.38. The van der Waals surface area contributed by atoms with Gasteiger partial charge in [0.15, 0.2) is 0 Å². The van der Waals surface area contributed by atoms with Gasteiger partial charge in [0.25, 0.3) is 0 Å². The van der Waals surface area contributed by atoms with Crippen LogP contribution in [0.2, 0.25) is 0 Å². The first kappa shape index (κ1) is 14.3. The molecule has 106 valence electrons. The summed E-state index contributed by atoms with van der Waals surface area (Å²) in [7, 11) is 0. The maximum atomic E-state index is 6.25. The summed E-state index contributed by atoms with van der Waals surface area (Å²) in [5.74, 6) is 0.726. The van der Waals surface area contributed by atoms with Crippen molar-refractivity contribution in [2.75, 3.05) is 26.4 Å². The first-order chi connectivity index (χ1) is 8.90. The molecule has 2 unspecified atom stereocenters. The van der Waals surface area contributed by atoms with E-state index in [0.29, 0.717) is 12.1 Å². The van der Waals surface area contributed by atoms with E-state index in [-0.39, 0.29) is 0 Å². The number of nitrogens with one attached hydrogen (secondary N) is 1. The lowest BCUT2D eigenvalue weighted by Gasteiger charge is -2.29. The summed E-state index contributed by atoms with van der Waals surface area (Å²) in [5, 5.41) is 3.61. The third-order valence-electron chi connectivity index (χ3n) is 4.31. The van der Waals surface area contributed by atoms with Crippen molar-refractivity contribution in [2.24, 2.45) is 5.92 Å². The molecule has 0 aromatic carbocycles. The molecule has 1 N–H and O–H groups in total. The molecule has 3 nitrogen and oxygen atoms in total. The minimum atomic E-state index is 0.440. The molecule has 0 radical (unpaired) electrons. The maximum Gasteiger partial charge on any atom is 0.0728 e. The van der Waals surface area contributed by atoms with E-state index < -0.39 is 0 Å². The van der Waals surface area contributed by atoms with Crippen LogP contribution in [0, 0.1) is 5.92 Å².